The molecule has 0 atom stereocenters. The molecule has 1 N–H and O–H groups in total. The minimum atomic E-state index is 0.478. The van der Waals surface area contributed by atoms with Gasteiger partial charge in [-0.1, -0.05) is 33.6 Å². The first-order chi connectivity index (χ1) is 6.74. The molecule has 0 amide bonds. The molecular formula is C12H27NS. The summed E-state index contributed by atoms with van der Waals surface area (Å²) in [7, 11) is 0. The second-order valence-electron chi connectivity index (χ2n) is 3.98. The first kappa shape index (κ1) is 14.3. The quantitative estimate of drug-likeness (QED) is 0.591. The summed E-state index contributed by atoms with van der Waals surface area (Å²) < 4.78 is 0.478. The van der Waals surface area contributed by atoms with Gasteiger partial charge in [-0.3, -0.25) is 0 Å². The summed E-state index contributed by atoms with van der Waals surface area (Å²) in [4.78, 5) is 0. The van der Waals surface area contributed by atoms with Crippen LogP contribution in [0.5, 0.6) is 0 Å². The molecule has 0 unspecified atom stereocenters. The zero-order valence-corrected chi connectivity index (χ0v) is 11.2. The van der Waals surface area contributed by atoms with Crippen molar-refractivity contribution in [2.24, 2.45) is 0 Å². The van der Waals surface area contributed by atoms with E-state index in [0.717, 1.165) is 0 Å². The van der Waals surface area contributed by atoms with Crippen molar-refractivity contribution in [3.05, 3.63) is 0 Å². The lowest BCUT2D eigenvalue weighted by atomic mass is 10.0. The third-order valence-electron chi connectivity index (χ3n) is 3.13. The van der Waals surface area contributed by atoms with Crippen molar-refractivity contribution in [2.75, 3.05) is 19.3 Å². The van der Waals surface area contributed by atoms with Crippen LogP contribution < -0.4 is 5.32 Å². The van der Waals surface area contributed by atoms with Gasteiger partial charge in [0, 0.05) is 11.3 Å². The predicted molar refractivity (Wildman–Crippen MR) is 69.2 cm³/mol. The molecule has 2 heteroatoms. The topological polar surface area (TPSA) is 12.0 Å². The minimum absolute atomic E-state index is 0.478. The average Bonchev–Trinajstić information content (AvgIpc) is 2.24. The molecule has 0 rings (SSSR count). The zero-order valence-electron chi connectivity index (χ0n) is 10.4. The standard InChI is InChI=1S/C12H27NS/c1-5-8-9-10-13-11-12(6-2,7-3)14-4/h13H,5-11H2,1-4H3. The Hall–Kier alpha value is 0.310. The van der Waals surface area contributed by atoms with Gasteiger partial charge in [-0.25, -0.2) is 0 Å². The largest absolute Gasteiger partial charge is 0.315 e. The van der Waals surface area contributed by atoms with Crippen LogP contribution in [0, 0.1) is 0 Å². The molecule has 0 heterocycles. The van der Waals surface area contributed by atoms with Crippen molar-refractivity contribution in [3.8, 4) is 0 Å². The highest BCUT2D eigenvalue weighted by Crippen LogP contribution is 2.29. The van der Waals surface area contributed by atoms with E-state index in [1.165, 1.54) is 45.2 Å². The molecule has 0 saturated carbocycles. The van der Waals surface area contributed by atoms with Gasteiger partial charge in [-0.2, -0.15) is 11.8 Å². The van der Waals surface area contributed by atoms with Gasteiger partial charge in [0.05, 0.1) is 0 Å². The molecule has 0 aliphatic heterocycles. The van der Waals surface area contributed by atoms with Gasteiger partial charge in [-0.15, -0.1) is 0 Å². The van der Waals surface area contributed by atoms with Crippen LogP contribution in [0.2, 0.25) is 0 Å². The van der Waals surface area contributed by atoms with Gasteiger partial charge in [0.15, 0.2) is 0 Å². The Labute approximate surface area is 94.4 Å². The summed E-state index contributed by atoms with van der Waals surface area (Å²) >= 11 is 2.02. The second kappa shape index (κ2) is 8.60. The number of thioether (sulfide) groups is 1. The second-order valence-corrected chi connectivity index (χ2v) is 5.25. The molecule has 0 fully saturated rings. The number of hydrogen-bond donors (Lipinski definition) is 1. The van der Waals surface area contributed by atoms with Crippen molar-refractivity contribution < 1.29 is 0 Å². The van der Waals surface area contributed by atoms with E-state index in [2.05, 4.69) is 32.3 Å². The Morgan fingerprint density at radius 1 is 1.07 bits per heavy atom. The summed E-state index contributed by atoms with van der Waals surface area (Å²) in [5.41, 5.74) is 0. The monoisotopic (exact) mass is 217 g/mol. The third kappa shape index (κ3) is 5.26. The van der Waals surface area contributed by atoms with Crippen LogP contribution in [0.4, 0.5) is 0 Å². The van der Waals surface area contributed by atoms with E-state index in [-0.39, 0.29) is 0 Å². The molecule has 0 radical (unpaired) electrons. The molecule has 0 spiro atoms. The van der Waals surface area contributed by atoms with Gasteiger partial charge < -0.3 is 5.32 Å². The summed E-state index contributed by atoms with van der Waals surface area (Å²) in [6, 6.07) is 0. The molecule has 1 nitrogen and oxygen atoms in total. The van der Waals surface area contributed by atoms with Crippen molar-refractivity contribution in [3.63, 3.8) is 0 Å². The molecule has 86 valence electrons. The molecule has 0 bridgehead atoms. The molecule has 0 aromatic carbocycles. The van der Waals surface area contributed by atoms with Gasteiger partial charge in [-0.05, 0) is 32.1 Å². The molecule has 0 saturated heterocycles. The molecule has 0 aliphatic rings. The molecule has 0 aromatic heterocycles. The van der Waals surface area contributed by atoms with Gasteiger partial charge >= 0.3 is 0 Å². The van der Waals surface area contributed by atoms with Gasteiger partial charge in [0.25, 0.3) is 0 Å². The number of nitrogens with one attached hydrogen (secondary N) is 1. The number of rotatable bonds is 9. The van der Waals surface area contributed by atoms with Crippen LogP contribution in [-0.2, 0) is 0 Å². The summed E-state index contributed by atoms with van der Waals surface area (Å²) in [6.45, 7) is 9.22. The molecule has 0 aliphatic carbocycles. The normalized spacial score (nSPS) is 12.0. The smallest absolute Gasteiger partial charge is 0.0276 e. The van der Waals surface area contributed by atoms with Gasteiger partial charge in [0.2, 0.25) is 0 Å². The third-order valence-corrected chi connectivity index (χ3v) is 4.71. The molecule has 14 heavy (non-hydrogen) atoms. The first-order valence-corrected chi connectivity index (χ1v) is 7.23. The maximum absolute atomic E-state index is 3.59. The van der Waals surface area contributed by atoms with Gasteiger partial charge in [0.1, 0.15) is 0 Å². The highest BCUT2D eigenvalue weighted by molar-refractivity contribution is 8.00. The minimum Gasteiger partial charge on any atom is -0.315 e. The number of unbranched alkanes of at least 4 members (excludes halogenated alkanes) is 2. The first-order valence-electron chi connectivity index (χ1n) is 6.00. The maximum Gasteiger partial charge on any atom is 0.0276 e. The van der Waals surface area contributed by atoms with E-state index >= 15 is 0 Å². The lowest BCUT2D eigenvalue weighted by Crippen LogP contribution is -2.36. The summed E-state index contributed by atoms with van der Waals surface area (Å²) in [6.07, 6.45) is 8.78. The highest BCUT2D eigenvalue weighted by Gasteiger charge is 2.23. The summed E-state index contributed by atoms with van der Waals surface area (Å²) in [5, 5.41) is 3.59. The fourth-order valence-electron chi connectivity index (χ4n) is 1.68. The predicted octanol–water partition coefficient (Wildman–Crippen LogP) is 3.69. The highest BCUT2D eigenvalue weighted by atomic mass is 32.2. The Kier molecular flexibility index (Phi) is 8.80. The van der Waals surface area contributed by atoms with Crippen LogP contribution in [0.1, 0.15) is 52.9 Å². The van der Waals surface area contributed by atoms with E-state index in [1.54, 1.807) is 0 Å². The van der Waals surface area contributed by atoms with E-state index < -0.39 is 0 Å². The van der Waals surface area contributed by atoms with E-state index in [9.17, 15) is 0 Å². The molecule has 0 aromatic rings. The Morgan fingerprint density at radius 2 is 1.71 bits per heavy atom. The summed E-state index contributed by atoms with van der Waals surface area (Å²) in [5.74, 6) is 0. The van der Waals surface area contributed by atoms with Crippen molar-refractivity contribution in [2.45, 2.75) is 57.6 Å². The Balaban J connectivity index is 3.61. The van der Waals surface area contributed by atoms with E-state index in [0.29, 0.717) is 4.75 Å². The van der Waals surface area contributed by atoms with Crippen LogP contribution in [0.25, 0.3) is 0 Å². The zero-order chi connectivity index (χ0) is 10.9. The van der Waals surface area contributed by atoms with Crippen LogP contribution in [-0.4, -0.2) is 24.1 Å². The van der Waals surface area contributed by atoms with Crippen molar-refractivity contribution in [1.29, 1.82) is 0 Å². The average molecular weight is 217 g/mol. The fraction of sp³-hybridized carbons (Fsp3) is 1.00. The maximum atomic E-state index is 3.59. The Bertz CT molecular complexity index is 113. The lowest BCUT2D eigenvalue weighted by molar-refractivity contribution is 0.487. The van der Waals surface area contributed by atoms with E-state index in [4.69, 9.17) is 0 Å². The molecular weight excluding hydrogens is 190 g/mol. The lowest BCUT2D eigenvalue weighted by Gasteiger charge is -2.30. The SMILES string of the molecule is CCCCCNCC(CC)(CC)SC. The van der Waals surface area contributed by atoms with E-state index in [1.807, 2.05) is 11.8 Å². The number of hydrogen-bond acceptors (Lipinski definition) is 2. The van der Waals surface area contributed by atoms with Crippen LogP contribution in [0.15, 0.2) is 0 Å². The van der Waals surface area contributed by atoms with Crippen LogP contribution in [0.3, 0.4) is 0 Å². The van der Waals surface area contributed by atoms with Crippen molar-refractivity contribution in [1.82, 2.24) is 5.32 Å². The Morgan fingerprint density at radius 3 is 2.14 bits per heavy atom. The fourth-order valence-corrected chi connectivity index (χ4v) is 2.50. The van der Waals surface area contributed by atoms with Crippen molar-refractivity contribution >= 4 is 11.8 Å². The van der Waals surface area contributed by atoms with Crippen LogP contribution >= 0.6 is 11.8 Å².